The summed E-state index contributed by atoms with van der Waals surface area (Å²) in [6.07, 6.45) is 3.63. The van der Waals surface area contributed by atoms with Crippen LogP contribution in [-0.4, -0.2) is 66.6 Å². The van der Waals surface area contributed by atoms with E-state index in [0.717, 1.165) is 26.1 Å². The van der Waals surface area contributed by atoms with Gasteiger partial charge >= 0.3 is 0 Å². The van der Waals surface area contributed by atoms with Gasteiger partial charge in [0.1, 0.15) is 0 Å². The van der Waals surface area contributed by atoms with E-state index in [2.05, 4.69) is 57.8 Å². The molecule has 2 aliphatic rings. The third-order valence-electron chi connectivity index (χ3n) is 6.32. The van der Waals surface area contributed by atoms with Gasteiger partial charge in [-0.1, -0.05) is 25.1 Å². The standard InChI is InChI=1S/C22H32N4S/c1-3-25(19-8-9-20-22(16-19)27-17-23-20)13-10-24-11-14-26(15-12-24)21-7-5-4-6-18(21)2/h4-7,17,19H,3,8-16H2,1-2H3. The zero-order valence-electron chi connectivity index (χ0n) is 16.7. The van der Waals surface area contributed by atoms with Gasteiger partial charge in [0.2, 0.25) is 0 Å². The van der Waals surface area contributed by atoms with E-state index >= 15 is 0 Å². The van der Waals surface area contributed by atoms with Crippen LogP contribution in [0.1, 0.15) is 29.5 Å². The molecule has 27 heavy (non-hydrogen) atoms. The van der Waals surface area contributed by atoms with Crippen molar-refractivity contribution in [3.63, 3.8) is 0 Å². The van der Waals surface area contributed by atoms with Crippen LogP contribution in [0.3, 0.4) is 0 Å². The molecule has 1 aromatic heterocycles. The Balaban J connectivity index is 1.26. The monoisotopic (exact) mass is 384 g/mol. The van der Waals surface area contributed by atoms with Crippen LogP contribution in [-0.2, 0) is 12.8 Å². The van der Waals surface area contributed by atoms with E-state index in [4.69, 9.17) is 0 Å². The second kappa shape index (κ2) is 8.72. The predicted octanol–water partition coefficient (Wildman–Crippen LogP) is 3.45. The number of piperazine rings is 1. The summed E-state index contributed by atoms with van der Waals surface area (Å²) in [5.41, 5.74) is 6.19. The normalized spacial score (nSPS) is 20.9. The highest BCUT2D eigenvalue weighted by molar-refractivity contribution is 7.09. The molecule has 0 saturated carbocycles. The SMILES string of the molecule is CCN(CCN1CCN(c2ccccc2C)CC1)C1CCc2ncsc2C1. The van der Waals surface area contributed by atoms with Gasteiger partial charge < -0.3 is 4.90 Å². The van der Waals surface area contributed by atoms with Gasteiger partial charge in [-0.15, -0.1) is 11.3 Å². The van der Waals surface area contributed by atoms with E-state index in [9.17, 15) is 0 Å². The highest BCUT2D eigenvalue weighted by Gasteiger charge is 2.26. The average molecular weight is 385 g/mol. The number of aromatic nitrogens is 1. The van der Waals surface area contributed by atoms with Crippen molar-refractivity contribution in [2.24, 2.45) is 0 Å². The Hall–Kier alpha value is -1.43. The van der Waals surface area contributed by atoms with Crippen molar-refractivity contribution in [3.05, 3.63) is 45.9 Å². The molecule has 1 atom stereocenters. The first-order valence-corrected chi connectivity index (χ1v) is 11.3. The molecule has 2 heterocycles. The quantitative estimate of drug-likeness (QED) is 0.761. The highest BCUT2D eigenvalue weighted by atomic mass is 32.1. The van der Waals surface area contributed by atoms with Crippen LogP contribution in [0.15, 0.2) is 29.8 Å². The van der Waals surface area contributed by atoms with Crippen molar-refractivity contribution in [3.8, 4) is 0 Å². The van der Waals surface area contributed by atoms with Gasteiger partial charge in [-0.3, -0.25) is 9.80 Å². The number of para-hydroxylation sites is 1. The summed E-state index contributed by atoms with van der Waals surface area (Å²) in [6, 6.07) is 9.48. The van der Waals surface area contributed by atoms with Crippen molar-refractivity contribution in [2.45, 2.75) is 39.2 Å². The van der Waals surface area contributed by atoms with Crippen molar-refractivity contribution in [1.29, 1.82) is 0 Å². The minimum atomic E-state index is 0.705. The maximum absolute atomic E-state index is 4.52. The van der Waals surface area contributed by atoms with Crippen LogP contribution < -0.4 is 4.90 Å². The lowest BCUT2D eigenvalue weighted by atomic mass is 9.96. The highest BCUT2D eigenvalue weighted by Crippen LogP contribution is 2.27. The number of thiazole rings is 1. The first-order valence-electron chi connectivity index (χ1n) is 10.4. The molecule has 0 N–H and O–H groups in total. The van der Waals surface area contributed by atoms with Gasteiger partial charge in [-0.05, 0) is 44.4 Å². The molecule has 1 aromatic carbocycles. The van der Waals surface area contributed by atoms with Gasteiger partial charge in [-0.2, -0.15) is 0 Å². The van der Waals surface area contributed by atoms with Gasteiger partial charge in [0.25, 0.3) is 0 Å². The molecule has 5 heteroatoms. The Bertz CT molecular complexity index is 735. The van der Waals surface area contributed by atoms with Crippen LogP contribution in [0, 0.1) is 6.92 Å². The van der Waals surface area contributed by atoms with E-state index in [0.29, 0.717) is 6.04 Å². The van der Waals surface area contributed by atoms with E-state index in [-0.39, 0.29) is 0 Å². The van der Waals surface area contributed by atoms with E-state index in [1.54, 1.807) is 0 Å². The summed E-state index contributed by atoms with van der Waals surface area (Å²) in [5.74, 6) is 0. The summed E-state index contributed by atoms with van der Waals surface area (Å²) in [6.45, 7) is 12.7. The van der Waals surface area contributed by atoms with Crippen LogP contribution >= 0.6 is 11.3 Å². The Labute approximate surface area is 167 Å². The summed E-state index contributed by atoms with van der Waals surface area (Å²) < 4.78 is 0. The number of rotatable bonds is 6. The van der Waals surface area contributed by atoms with E-state index in [1.807, 2.05) is 16.8 Å². The van der Waals surface area contributed by atoms with Crippen molar-refractivity contribution in [2.75, 3.05) is 50.7 Å². The number of fused-ring (bicyclic) bond motifs is 1. The van der Waals surface area contributed by atoms with Crippen LogP contribution in [0.2, 0.25) is 0 Å². The number of aryl methyl sites for hydroxylation is 2. The third-order valence-corrected chi connectivity index (χ3v) is 7.21. The van der Waals surface area contributed by atoms with Crippen molar-refractivity contribution in [1.82, 2.24) is 14.8 Å². The summed E-state index contributed by atoms with van der Waals surface area (Å²) in [7, 11) is 0. The second-order valence-electron chi connectivity index (χ2n) is 7.86. The summed E-state index contributed by atoms with van der Waals surface area (Å²) in [4.78, 5) is 14.0. The maximum Gasteiger partial charge on any atom is 0.0797 e. The molecule has 1 aliphatic carbocycles. The number of benzene rings is 1. The molecular formula is C22H32N4S. The first-order chi connectivity index (χ1) is 13.2. The van der Waals surface area contributed by atoms with Crippen LogP contribution in [0.5, 0.6) is 0 Å². The minimum absolute atomic E-state index is 0.705. The van der Waals surface area contributed by atoms with E-state index in [1.165, 1.54) is 60.8 Å². The number of hydrogen-bond donors (Lipinski definition) is 0. The van der Waals surface area contributed by atoms with Crippen molar-refractivity contribution < 1.29 is 0 Å². The molecule has 0 bridgehead atoms. The lowest BCUT2D eigenvalue weighted by molar-refractivity contribution is 0.152. The minimum Gasteiger partial charge on any atom is -0.369 e. The molecule has 0 radical (unpaired) electrons. The molecule has 0 spiro atoms. The number of anilines is 1. The van der Waals surface area contributed by atoms with Gasteiger partial charge in [0, 0.05) is 55.9 Å². The van der Waals surface area contributed by atoms with Crippen molar-refractivity contribution >= 4 is 17.0 Å². The number of likely N-dealkylation sites (N-methyl/N-ethyl adjacent to an activating group) is 1. The third kappa shape index (κ3) is 4.36. The fourth-order valence-electron chi connectivity index (χ4n) is 4.59. The maximum atomic E-state index is 4.52. The first kappa shape index (κ1) is 18.9. The molecular weight excluding hydrogens is 352 g/mol. The summed E-state index contributed by atoms with van der Waals surface area (Å²) in [5, 5.41) is 0. The molecule has 4 rings (SSSR count). The van der Waals surface area contributed by atoms with Crippen LogP contribution in [0.4, 0.5) is 5.69 Å². The zero-order chi connectivity index (χ0) is 18.6. The number of hydrogen-bond acceptors (Lipinski definition) is 5. The molecule has 1 unspecified atom stereocenters. The molecule has 1 fully saturated rings. The van der Waals surface area contributed by atoms with Gasteiger partial charge in [0.15, 0.2) is 0 Å². The lowest BCUT2D eigenvalue weighted by Gasteiger charge is -2.39. The average Bonchev–Trinajstić information content (AvgIpc) is 3.17. The Morgan fingerprint density at radius 2 is 2.00 bits per heavy atom. The topological polar surface area (TPSA) is 22.6 Å². The smallest absolute Gasteiger partial charge is 0.0797 e. The second-order valence-corrected chi connectivity index (χ2v) is 8.80. The molecule has 146 valence electrons. The molecule has 2 aromatic rings. The largest absolute Gasteiger partial charge is 0.369 e. The molecule has 0 amide bonds. The van der Waals surface area contributed by atoms with Gasteiger partial charge in [-0.25, -0.2) is 4.98 Å². The Morgan fingerprint density at radius 3 is 2.78 bits per heavy atom. The molecule has 1 saturated heterocycles. The Morgan fingerprint density at radius 1 is 1.19 bits per heavy atom. The van der Waals surface area contributed by atoms with Crippen LogP contribution in [0.25, 0.3) is 0 Å². The van der Waals surface area contributed by atoms with Gasteiger partial charge in [0.05, 0.1) is 11.2 Å². The zero-order valence-corrected chi connectivity index (χ0v) is 17.5. The lowest BCUT2D eigenvalue weighted by Crippen LogP contribution is -2.50. The predicted molar refractivity (Wildman–Crippen MR) is 115 cm³/mol. The molecule has 1 aliphatic heterocycles. The molecule has 4 nitrogen and oxygen atoms in total. The fourth-order valence-corrected chi connectivity index (χ4v) is 5.48. The fraction of sp³-hybridized carbons (Fsp3) is 0.591. The van der Waals surface area contributed by atoms with E-state index < -0.39 is 0 Å². The summed E-state index contributed by atoms with van der Waals surface area (Å²) >= 11 is 1.85. The number of nitrogens with zero attached hydrogens (tertiary/aromatic N) is 4. The Kier molecular flexibility index (Phi) is 6.11.